The van der Waals surface area contributed by atoms with Crippen molar-refractivity contribution in [3.05, 3.63) is 53.6 Å². The summed E-state index contributed by atoms with van der Waals surface area (Å²) in [5.74, 6) is 2.13. The Balaban J connectivity index is 1.58. The molecule has 140 valence electrons. The van der Waals surface area contributed by atoms with Crippen molar-refractivity contribution in [3.63, 3.8) is 0 Å². The highest BCUT2D eigenvalue weighted by atomic mass is 32.2. The Morgan fingerprint density at radius 3 is 2.57 bits per heavy atom. The molecule has 0 unspecified atom stereocenters. The number of ether oxygens (including phenoxy) is 3. The van der Waals surface area contributed by atoms with Crippen LogP contribution in [0.4, 0.5) is 0 Å². The first-order valence-corrected chi connectivity index (χ1v) is 9.61. The van der Waals surface area contributed by atoms with E-state index >= 15 is 0 Å². The molecule has 0 atom stereocenters. The third kappa shape index (κ3) is 3.59. The number of methoxy groups -OCH3 is 1. The molecule has 0 fully saturated rings. The van der Waals surface area contributed by atoms with Crippen LogP contribution in [-0.4, -0.2) is 36.8 Å². The third-order valence-corrected chi connectivity index (χ3v) is 5.31. The fraction of sp³-hybridized carbons (Fsp3) is 0.190. The zero-order valence-electron chi connectivity index (χ0n) is 15.1. The average Bonchev–Trinajstić information content (AvgIpc) is 2.75. The van der Waals surface area contributed by atoms with Crippen molar-refractivity contribution in [1.29, 1.82) is 5.26 Å². The molecule has 2 aromatic carbocycles. The van der Waals surface area contributed by atoms with Crippen molar-refractivity contribution in [3.8, 4) is 23.3 Å². The van der Waals surface area contributed by atoms with Gasteiger partial charge < -0.3 is 14.2 Å². The molecule has 4 rings (SSSR count). The topological polar surface area (TPSA) is 81.4 Å². The minimum absolute atomic E-state index is 0.0411. The van der Waals surface area contributed by atoms with E-state index in [1.165, 1.54) is 11.8 Å². The summed E-state index contributed by atoms with van der Waals surface area (Å²) in [7, 11) is 1.58. The van der Waals surface area contributed by atoms with Gasteiger partial charge in [0.2, 0.25) is 0 Å². The third-order valence-electron chi connectivity index (χ3n) is 4.32. The quantitative estimate of drug-likeness (QED) is 0.482. The van der Waals surface area contributed by atoms with Crippen LogP contribution in [0.1, 0.15) is 15.9 Å². The molecule has 1 aliphatic rings. The molecule has 6 nitrogen and oxygen atoms in total. The van der Waals surface area contributed by atoms with E-state index in [2.05, 4.69) is 11.1 Å². The number of aromatic nitrogens is 1. The van der Waals surface area contributed by atoms with E-state index in [1.54, 1.807) is 43.5 Å². The monoisotopic (exact) mass is 392 g/mol. The zero-order valence-corrected chi connectivity index (χ0v) is 15.9. The molecule has 1 aliphatic heterocycles. The number of ketones is 1. The highest BCUT2D eigenvalue weighted by molar-refractivity contribution is 8.00. The number of carbonyl (C=O) groups is 1. The molecule has 0 aliphatic carbocycles. The van der Waals surface area contributed by atoms with Gasteiger partial charge in [-0.15, -0.1) is 0 Å². The maximum atomic E-state index is 12.5. The van der Waals surface area contributed by atoms with Gasteiger partial charge in [-0.25, -0.2) is 4.98 Å². The second-order valence-electron chi connectivity index (χ2n) is 6.08. The molecule has 0 saturated carbocycles. The van der Waals surface area contributed by atoms with Gasteiger partial charge in [0.25, 0.3) is 0 Å². The number of fused-ring (bicyclic) bond motifs is 2. The van der Waals surface area contributed by atoms with Crippen LogP contribution in [0.15, 0.2) is 47.5 Å². The Morgan fingerprint density at radius 1 is 1.18 bits per heavy atom. The fourth-order valence-corrected chi connectivity index (χ4v) is 3.73. The van der Waals surface area contributed by atoms with Crippen LogP contribution >= 0.6 is 11.8 Å². The fourth-order valence-electron chi connectivity index (χ4n) is 2.88. The normalized spacial score (nSPS) is 12.4. The molecule has 1 aromatic heterocycles. The Morgan fingerprint density at radius 2 is 1.89 bits per heavy atom. The van der Waals surface area contributed by atoms with Crippen LogP contribution in [0.5, 0.6) is 17.2 Å². The maximum absolute atomic E-state index is 12.5. The van der Waals surface area contributed by atoms with Gasteiger partial charge >= 0.3 is 0 Å². The predicted octanol–water partition coefficient (Wildman–Crippen LogP) is 3.86. The molecule has 0 spiro atoms. The van der Waals surface area contributed by atoms with Gasteiger partial charge in [-0.1, -0.05) is 11.8 Å². The minimum atomic E-state index is -0.0411. The van der Waals surface area contributed by atoms with Gasteiger partial charge in [0.15, 0.2) is 17.3 Å². The number of carbonyl (C=O) groups excluding carboxylic acids is 1. The summed E-state index contributed by atoms with van der Waals surface area (Å²) >= 11 is 1.25. The van der Waals surface area contributed by atoms with Crippen LogP contribution < -0.4 is 14.2 Å². The summed E-state index contributed by atoms with van der Waals surface area (Å²) in [5, 5.41) is 10.8. The lowest BCUT2D eigenvalue weighted by atomic mass is 10.1. The number of rotatable bonds is 5. The van der Waals surface area contributed by atoms with Gasteiger partial charge in [-0.2, -0.15) is 5.26 Å². The first-order valence-electron chi connectivity index (χ1n) is 8.62. The molecule has 0 radical (unpaired) electrons. The number of Topliss-reactive ketones (excluding diaryl/α,β-unsaturated/α-hetero) is 1. The van der Waals surface area contributed by atoms with Crippen LogP contribution in [0.2, 0.25) is 0 Å². The summed E-state index contributed by atoms with van der Waals surface area (Å²) in [6.07, 6.45) is 0. The Hall–Kier alpha value is -3.24. The van der Waals surface area contributed by atoms with Crippen LogP contribution in [0, 0.1) is 11.3 Å². The first kappa shape index (κ1) is 18.1. The summed E-state index contributed by atoms with van der Waals surface area (Å²) in [6, 6.07) is 14.5. The van der Waals surface area contributed by atoms with E-state index in [1.807, 2.05) is 6.07 Å². The van der Waals surface area contributed by atoms with Gasteiger partial charge in [0.05, 0.1) is 23.9 Å². The van der Waals surface area contributed by atoms with Gasteiger partial charge in [0, 0.05) is 17.0 Å². The van der Waals surface area contributed by atoms with Crippen molar-refractivity contribution in [2.45, 2.75) is 5.03 Å². The lowest BCUT2D eigenvalue weighted by Gasteiger charge is -2.18. The van der Waals surface area contributed by atoms with Crippen LogP contribution in [0.3, 0.4) is 0 Å². The van der Waals surface area contributed by atoms with Crippen molar-refractivity contribution < 1.29 is 19.0 Å². The molecule has 7 heteroatoms. The van der Waals surface area contributed by atoms with E-state index in [4.69, 9.17) is 14.2 Å². The molecular formula is C21H16N2O4S. The number of nitrogens with zero attached hydrogens (tertiary/aromatic N) is 2. The second-order valence-corrected chi connectivity index (χ2v) is 7.05. The Kier molecular flexibility index (Phi) is 5.04. The lowest BCUT2D eigenvalue weighted by Crippen LogP contribution is -2.15. The summed E-state index contributed by atoms with van der Waals surface area (Å²) in [5.41, 5.74) is 1.71. The van der Waals surface area contributed by atoms with E-state index in [9.17, 15) is 10.1 Å². The largest absolute Gasteiger partial charge is 0.497 e. The van der Waals surface area contributed by atoms with E-state index < -0.39 is 0 Å². The van der Waals surface area contributed by atoms with Crippen molar-refractivity contribution in [2.24, 2.45) is 0 Å². The molecule has 0 N–H and O–H groups in total. The molecule has 2 heterocycles. The molecule has 0 saturated heterocycles. The number of hydrogen-bond donors (Lipinski definition) is 0. The number of nitriles is 1. The highest BCUT2D eigenvalue weighted by Crippen LogP contribution is 2.35. The summed E-state index contributed by atoms with van der Waals surface area (Å²) in [4.78, 5) is 17.0. The molecule has 0 amide bonds. The SMILES string of the molecule is COc1ccc(C(=O)CSc2nc3cc4c(cc3cc2C#N)OCCO4)cc1. The first-order chi connectivity index (χ1) is 13.7. The summed E-state index contributed by atoms with van der Waals surface area (Å²) in [6.45, 7) is 0.991. The minimum Gasteiger partial charge on any atom is -0.497 e. The average molecular weight is 392 g/mol. The van der Waals surface area contributed by atoms with Crippen LogP contribution in [-0.2, 0) is 0 Å². The standard InChI is InChI=1S/C21H16N2O4S/c1-25-16-4-2-13(3-5-16)18(24)12-28-21-15(11-22)8-14-9-19-20(10-17(14)23-21)27-7-6-26-19/h2-5,8-10H,6-7,12H2,1H3. The van der Waals surface area contributed by atoms with Crippen molar-refractivity contribution in [2.75, 3.05) is 26.1 Å². The molecule has 28 heavy (non-hydrogen) atoms. The Bertz CT molecular complexity index is 1090. The lowest BCUT2D eigenvalue weighted by molar-refractivity contribution is 0.102. The number of benzene rings is 2. The zero-order chi connectivity index (χ0) is 19.5. The van der Waals surface area contributed by atoms with E-state index in [0.29, 0.717) is 52.1 Å². The number of pyridine rings is 1. The predicted molar refractivity (Wildman–Crippen MR) is 105 cm³/mol. The number of thioether (sulfide) groups is 1. The van der Waals surface area contributed by atoms with Crippen molar-refractivity contribution >= 4 is 28.4 Å². The summed E-state index contributed by atoms with van der Waals surface area (Å²) < 4.78 is 16.3. The number of hydrogen-bond acceptors (Lipinski definition) is 7. The van der Waals surface area contributed by atoms with Gasteiger partial charge in [-0.3, -0.25) is 4.79 Å². The van der Waals surface area contributed by atoms with Crippen LogP contribution in [0.25, 0.3) is 10.9 Å². The van der Waals surface area contributed by atoms with Gasteiger partial charge in [0.1, 0.15) is 30.1 Å². The molecule has 0 bridgehead atoms. The highest BCUT2D eigenvalue weighted by Gasteiger charge is 2.16. The maximum Gasteiger partial charge on any atom is 0.173 e. The van der Waals surface area contributed by atoms with Crippen molar-refractivity contribution in [1.82, 2.24) is 4.98 Å². The second kappa shape index (κ2) is 7.79. The molecular weight excluding hydrogens is 376 g/mol. The molecule has 3 aromatic rings. The Labute approximate surface area is 166 Å². The van der Waals surface area contributed by atoms with Gasteiger partial charge in [-0.05, 0) is 36.4 Å². The smallest absolute Gasteiger partial charge is 0.173 e. The van der Waals surface area contributed by atoms with E-state index in [-0.39, 0.29) is 11.5 Å². The van der Waals surface area contributed by atoms with E-state index in [0.717, 1.165) is 5.39 Å².